The fraction of sp³-hybridized carbons (Fsp3) is 0.762. The lowest BCUT2D eigenvalue weighted by Gasteiger charge is -2.27. The van der Waals surface area contributed by atoms with E-state index in [9.17, 15) is 0 Å². The molecule has 1 aromatic rings. The van der Waals surface area contributed by atoms with Gasteiger partial charge in [0, 0.05) is 19.6 Å². The Hall–Kier alpha value is -0.800. The topological polar surface area (TPSA) is 56.0 Å². The van der Waals surface area contributed by atoms with Crippen molar-refractivity contribution in [2.24, 2.45) is 4.99 Å². The maximum atomic E-state index is 5.71. The molecule has 2 atom stereocenters. The highest BCUT2D eigenvalue weighted by Crippen LogP contribution is 2.24. The highest BCUT2D eigenvalue weighted by molar-refractivity contribution is 14.0. The molecule has 1 aromatic heterocycles. The van der Waals surface area contributed by atoms with Crippen LogP contribution in [-0.2, 0) is 0 Å². The van der Waals surface area contributed by atoms with Crippen LogP contribution in [0.2, 0.25) is 0 Å². The molecule has 0 spiro atoms. The number of aliphatic imine (C=N–C) groups is 1. The molecule has 2 heterocycles. The first-order chi connectivity index (χ1) is 13.2. The highest BCUT2D eigenvalue weighted by Gasteiger charge is 2.25. The number of nitrogens with one attached hydrogen (secondary N) is 2. The van der Waals surface area contributed by atoms with Gasteiger partial charge in [0.1, 0.15) is 5.76 Å². The maximum absolute atomic E-state index is 5.71. The molecule has 28 heavy (non-hydrogen) atoms. The largest absolute Gasteiger partial charge is 0.468 e. The Morgan fingerprint density at radius 3 is 2.57 bits per heavy atom. The van der Waals surface area contributed by atoms with Crippen LogP contribution in [0.5, 0.6) is 0 Å². The molecular formula is C21H40IN5O. The van der Waals surface area contributed by atoms with E-state index in [-0.39, 0.29) is 30.0 Å². The molecule has 2 rings (SSSR count). The van der Waals surface area contributed by atoms with Crippen molar-refractivity contribution in [1.29, 1.82) is 0 Å². The van der Waals surface area contributed by atoms with Crippen molar-refractivity contribution in [3.05, 3.63) is 24.2 Å². The summed E-state index contributed by atoms with van der Waals surface area (Å²) in [4.78, 5) is 9.40. The Morgan fingerprint density at radius 1 is 1.29 bits per heavy atom. The Bertz CT molecular complexity index is 527. The summed E-state index contributed by atoms with van der Waals surface area (Å²) in [5.41, 5.74) is 0. The predicted octanol–water partition coefficient (Wildman–Crippen LogP) is 3.71. The highest BCUT2D eigenvalue weighted by atomic mass is 127. The minimum Gasteiger partial charge on any atom is -0.468 e. The molecule has 1 aliphatic rings. The van der Waals surface area contributed by atoms with E-state index < -0.39 is 0 Å². The summed E-state index contributed by atoms with van der Waals surface area (Å²) in [6.45, 7) is 13.2. The van der Waals surface area contributed by atoms with Gasteiger partial charge in [0.15, 0.2) is 5.96 Å². The van der Waals surface area contributed by atoms with Crippen molar-refractivity contribution in [2.45, 2.75) is 58.5 Å². The summed E-state index contributed by atoms with van der Waals surface area (Å²) in [5, 5.41) is 7.05. The van der Waals surface area contributed by atoms with Gasteiger partial charge in [-0.1, -0.05) is 13.8 Å². The second kappa shape index (κ2) is 14.2. The summed E-state index contributed by atoms with van der Waals surface area (Å²) in [5.74, 6) is 1.91. The van der Waals surface area contributed by atoms with Crippen molar-refractivity contribution < 1.29 is 4.42 Å². The molecule has 0 aliphatic carbocycles. The molecular weight excluding hydrogens is 465 g/mol. The van der Waals surface area contributed by atoms with Crippen molar-refractivity contribution in [3.8, 4) is 0 Å². The van der Waals surface area contributed by atoms with Crippen molar-refractivity contribution in [2.75, 3.05) is 46.3 Å². The third-order valence-electron chi connectivity index (χ3n) is 5.53. The molecule has 0 saturated carbocycles. The SMILES string of the molecule is CCN(CC)CCCC(C)NC(=NC)NCC(c1ccco1)N1CCCC1.I. The van der Waals surface area contributed by atoms with E-state index in [1.807, 2.05) is 13.1 Å². The number of nitrogens with zero attached hydrogens (tertiary/aromatic N) is 3. The van der Waals surface area contributed by atoms with Gasteiger partial charge in [0.2, 0.25) is 0 Å². The van der Waals surface area contributed by atoms with Crippen LogP contribution < -0.4 is 10.6 Å². The van der Waals surface area contributed by atoms with E-state index in [0.29, 0.717) is 6.04 Å². The lowest BCUT2D eigenvalue weighted by atomic mass is 10.1. The van der Waals surface area contributed by atoms with Gasteiger partial charge < -0.3 is 20.0 Å². The first-order valence-corrected chi connectivity index (χ1v) is 10.6. The minimum atomic E-state index is 0. The van der Waals surface area contributed by atoms with Crippen LogP contribution in [0.15, 0.2) is 27.8 Å². The van der Waals surface area contributed by atoms with Gasteiger partial charge in [-0.25, -0.2) is 0 Å². The van der Waals surface area contributed by atoms with E-state index in [4.69, 9.17) is 4.42 Å². The van der Waals surface area contributed by atoms with E-state index in [2.05, 4.69) is 52.3 Å². The summed E-state index contributed by atoms with van der Waals surface area (Å²) < 4.78 is 5.71. The van der Waals surface area contributed by atoms with Crippen LogP contribution in [-0.4, -0.2) is 68.1 Å². The van der Waals surface area contributed by atoms with Gasteiger partial charge in [-0.2, -0.15) is 0 Å². The molecule has 0 radical (unpaired) electrons. The lowest BCUT2D eigenvalue weighted by Crippen LogP contribution is -2.45. The fourth-order valence-electron chi connectivity index (χ4n) is 3.80. The summed E-state index contributed by atoms with van der Waals surface area (Å²) in [6, 6.07) is 4.72. The van der Waals surface area contributed by atoms with Crippen LogP contribution >= 0.6 is 24.0 Å². The number of rotatable bonds is 11. The van der Waals surface area contributed by atoms with Gasteiger partial charge in [-0.05, 0) is 77.5 Å². The summed E-state index contributed by atoms with van der Waals surface area (Å²) in [6.07, 6.45) is 6.66. The Balaban J connectivity index is 0.00000392. The molecule has 0 amide bonds. The number of furan rings is 1. The normalized spacial score (nSPS) is 17.4. The van der Waals surface area contributed by atoms with E-state index in [0.717, 1.165) is 50.9 Å². The number of likely N-dealkylation sites (tertiary alicyclic amines) is 1. The number of guanidine groups is 1. The Morgan fingerprint density at radius 2 is 2.00 bits per heavy atom. The molecule has 2 unspecified atom stereocenters. The first-order valence-electron chi connectivity index (χ1n) is 10.6. The summed E-state index contributed by atoms with van der Waals surface area (Å²) >= 11 is 0. The standard InChI is InChI=1S/C21H39N5O.HI/c1-5-25(6-2)13-9-11-18(3)24-21(22-4)23-17-19(20-12-10-16-27-20)26-14-7-8-15-26;/h10,12,16,18-19H,5-9,11,13-15,17H2,1-4H3,(H2,22,23,24);1H. The maximum Gasteiger partial charge on any atom is 0.191 e. The number of hydrogen-bond donors (Lipinski definition) is 2. The molecule has 1 fully saturated rings. The predicted molar refractivity (Wildman–Crippen MR) is 129 cm³/mol. The minimum absolute atomic E-state index is 0. The molecule has 0 bridgehead atoms. The molecule has 1 aliphatic heterocycles. The van der Waals surface area contributed by atoms with Crippen LogP contribution in [0.3, 0.4) is 0 Å². The van der Waals surface area contributed by atoms with E-state index in [1.54, 1.807) is 6.26 Å². The van der Waals surface area contributed by atoms with Crippen molar-refractivity contribution in [3.63, 3.8) is 0 Å². The van der Waals surface area contributed by atoms with Crippen LogP contribution in [0.4, 0.5) is 0 Å². The molecule has 162 valence electrons. The second-order valence-corrected chi connectivity index (χ2v) is 7.44. The zero-order valence-corrected chi connectivity index (χ0v) is 20.4. The zero-order valence-electron chi connectivity index (χ0n) is 18.1. The molecule has 6 nitrogen and oxygen atoms in total. The van der Waals surface area contributed by atoms with Gasteiger partial charge in [0.05, 0.1) is 12.3 Å². The molecule has 1 saturated heterocycles. The third-order valence-corrected chi connectivity index (χ3v) is 5.53. The molecule has 0 aromatic carbocycles. The van der Waals surface area contributed by atoms with Crippen LogP contribution in [0.25, 0.3) is 0 Å². The quantitative estimate of drug-likeness (QED) is 0.273. The van der Waals surface area contributed by atoms with Crippen molar-refractivity contribution in [1.82, 2.24) is 20.4 Å². The summed E-state index contributed by atoms with van der Waals surface area (Å²) in [7, 11) is 1.84. The Labute approximate surface area is 188 Å². The third kappa shape index (κ3) is 8.29. The van der Waals surface area contributed by atoms with Gasteiger partial charge in [-0.3, -0.25) is 9.89 Å². The van der Waals surface area contributed by atoms with Gasteiger partial charge >= 0.3 is 0 Å². The zero-order chi connectivity index (χ0) is 19.5. The van der Waals surface area contributed by atoms with Crippen LogP contribution in [0.1, 0.15) is 58.3 Å². The van der Waals surface area contributed by atoms with Crippen LogP contribution in [0, 0.1) is 0 Å². The number of hydrogen-bond acceptors (Lipinski definition) is 4. The average Bonchev–Trinajstić information content (AvgIpc) is 3.39. The van der Waals surface area contributed by atoms with Gasteiger partial charge in [0.25, 0.3) is 0 Å². The lowest BCUT2D eigenvalue weighted by molar-refractivity contribution is 0.215. The first kappa shape index (κ1) is 25.2. The van der Waals surface area contributed by atoms with Crippen molar-refractivity contribution >= 4 is 29.9 Å². The van der Waals surface area contributed by atoms with Gasteiger partial charge in [-0.15, -0.1) is 24.0 Å². The fourth-order valence-corrected chi connectivity index (χ4v) is 3.80. The monoisotopic (exact) mass is 505 g/mol. The number of halogens is 1. The Kier molecular flexibility index (Phi) is 12.8. The molecule has 2 N–H and O–H groups in total. The van der Waals surface area contributed by atoms with E-state index in [1.165, 1.54) is 25.8 Å². The second-order valence-electron chi connectivity index (χ2n) is 7.44. The molecule has 7 heteroatoms. The smallest absolute Gasteiger partial charge is 0.191 e. The average molecular weight is 505 g/mol. The van der Waals surface area contributed by atoms with E-state index >= 15 is 0 Å².